The molecule has 0 aromatic rings. The zero-order chi connectivity index (χ0) is 4.50. The number of hydrogen-bond donors (Lipinski definition) is 0. The van der Waals surface area contributed by atoms with Crippen molar-refractivity contribution in [3.05, 3.63) is 0 Å². The van der Waals surface area contributed by atoms with Gasteiger partial charge in [0.05, 0.1) is 0 Å². The van der Waals surface area contributed by atoms with Gasteiger partial charge in [-0.2, -0.15) is 7.82 Å². The van der Waals surface area contributed by atoms with Crippen molar-refractivity contribution in [2.24, 2.45) is 0 Å². The Hall–Kier alpha value is 0.629. The Labute approximate surface area is 44.9 Å². The smallest absolute Gasteiger partial charge is 0.822 e. The molecule has 0 fully saturated rings. The molecule has 0 aliphatic rings. The summed E-state index contributed by atoms with van der Waals surface area (Å²) in [7, 11) is -5.39. The van der Waals surface area contributed by atoms with Crippen molar-refractivity contribution >= 4 is 7.82 Å². The Morgan fingerprint density at radius 2 is 1.17 bits per heavy atom. The molecule has 0 bridgehead atoms. The van der Waals surface area contributed by atoms with Gasteiger partial charge in [-0.1, -0.05) is 0 Å². The fraction of sp³-hybridized carbons (Fsp3) is 0. The van der Waals surface area contributed by atoms with E-state index >= 15 is 0 Å². The molecule has 6 heteroatoms. The van der Waals surface area contributed by atoms with Crippen molar-refractivity contribution < 1.29 is 36.3 Å². The first kappa shape index (κ1) is 9.80. The second-order valence-electron chi connectivity index (χ2n) is 0.447. The van der Waals surface area contributed by atoms with E-state index in [-0.39, 0.29) is 17.1 Å². The number of phosphoric acid groups is 1. The molecular formula is CuO4P. The van der Waals surface area contributed by atoms with Gasteiger partial charge in [-0.05, 0) is 0 Å². The zero-order valence-corrected chi connectivity index (χ0v) is 4.22. The van der Waals surface area contributed by atoms with E-state index < -0.39 is 7.82 Å². The van der Waals surface area contributed by atoms with E-state index in [1.165, 1.54) is 0 Å². The fourth-order valence-electron chi connectivity index (χ4n) is 0. The predicted molar refractivity (Wildman–Crippen MR) is 7.61 cm³/mol. The van der Waals surface area contributed by atoms with Gasteiger partial charge in [-0.15, -0.1) is 0 Å². The molecule has 0 saturated heterocycles. The molecule has 0 unspecified atom stereocenters. The van der Waals surface area contributed by atoms with Crippen LogP contribution in [-0.4, -0.2) is 0 Å². The van der Waals surface area contributed by atoms with Gasteiger partial charge in [0.1, 0.15) is 0 Å². The standard InChI is InChI=1S/Cu.H3O4P/c;1-5(2,3)4/h;(H3,1,2,3,4)/q+3;/p-3. The van der Waals surface area contributed by atoms with Gasteiger partial charge in [-0.25, -0.2) is 0 Å². The minimum atomic E-state index is -5.39. The van der Waals surface area contributed by atoms with E-state index in [9.17, 15) is 0 Å². The Balaban J connectivity index is 0. The van der Waals surface area contributed by atoms with Gasteiger partial charge in [0.25, 0.3) is 0 Å². The number of rotatable bonds is 0. The summed E-state index contributed by atoms with van der Waals surface area (Å²) in [6.07, 6.45) is 0. The van der Waals surface area contributed by atoms with Crippen LogP contribution in [0.5, 0.6) is 0 Å². The van der Waals surface area contributed by atoms with Crippen LogP contribution in [0.25, 0.3) is 0 Å². The summed E-state index contributed by atoms with van der Waals surface area (Å²) in [6, 6.07) is 0. The largest absolute Gasteiger partial charge is 3.00 e. The maximum Gasteiger partial charge on any atom is 3.00 e. The summed E-state index contributed by atoms with van der Waals surface area (Å²) in [5, 5.41) is 0. The summed E-state index contributed by atoms with van der Waals surface area (Å²) >= 11 is 0. The monoisotopic (exact) mass is 158 g/mol. The van der Waals surface area contributed by atoms with E-state index in [0.29, 0.717) is 0 Å². The van der Waals surface area contributed by atoms with Crippen LogP contribution in [0.2, 0.25) is 0 Å². The molecule has 6 heavy (non-hydrogen) atoms. The van der Waals surface area contributed by atoms with Crippen LogP contribution < -0.4 is 14.7 Å². The molecule has 0 radical (unpaired) electrons. The minimum absolute atomic E-state index is 0. The Bertz CT molecular complexity index is 53.7. The minimum Gasteiger partial charge on any atom is -0.822 e. The van der Waals surface area contributed by atoms with Gasteiger partial charge in [-0.3, -0.25) is 0 Å². The number of hydrogen-bond acceptors (Lipinski definition) is 4. The summed E-state index contributed by atoms with van der Waals surface area (Å²) in [5.41, 5.74) is 0. The summed E-state index contributed by atoms with van der Waals surface area (Å²) < 4.78 is 8.55. The van der Waals surface area contributed by atoms with E-state index in [1.54, 1.807) is 0 Å². The molecule has 0 atom stereocenters. The SMILES string of the molecule is O=P([O-])([O-])[O-].[Cu+3]. The van der Waals surface area contributed by atoms with Crippen molar-refractivity contribution in [1.82, 2.24) is 0 Å². The van der Waals surface area contributed by atoms with Gasteiger partial charge < -0.3 is 19.2 Å². The Morgan fingerprint density at radius 3 is 1.17 bits per heavy atom. The van der Waals surface area contributed by atoms with Crippen molar-refractivity contribution in [2.45, 2.75) is 0 Å². The normalized spacial score (nSPS) is 9.83. The van der Waals surface area contributed by atoms with Crippen molar-refractivity contribution in [2.75, 3.05) is 0 Å². The molecule has 0 heterocycles. The van der Waals surface area contributed by atoms with Gasteiger partial charge in [0, 0.05) is 0 Å². The van der Waals surface area contributed by atoms with E-state index in [2.05, 4.69) is 0 Å². The second kappa shape index (κ2) is 2.75. The van der Waals surface area contributed by atoms with E-state index in [0.717, 1.165) is 0 Å². The maximum atomic E-state index is 8.55. The quantitative estimate of drug-likeness (QED) is 0.281. The molecule has 0 saturated carbocycles. The first-order valence-corrected chi connectivity index (χ1v) is 2.19. The van der Waals surface area contributed by atoms with Crippen LogP contribution in [0.15, 0.2) is 0 Å². The van der Waals surface area contributed by atoms with Crippen LogP contribution in [0.3, 0.4) is 0 Å². The van der Waals surface area contributed by atoms with Crippen LogP contribution in [0, 0.1) is 0 Å². The van der Waals surface area contributed by atoms with Crippen LogP contribution >= 0.6 is 7.82 Å². The molecule has 0 rings (SSSR count). The topological polar surface area (TPSA) is 86.2 Å². The third kappa shape index (κ3) is 154. The zero-order valence-electron chi connectivity index (χ0n) is 2.38. The van der Waals surface area contributed by atoms with Crippen molar-refractivity contribution in [3.8, 4) is 0 Å². The molecule has 0 aromatic carbocycles. The summed E-state index contributed by atoms with van der Waals surface area (Å²) in [5.74, 6) is 0. The van der Waals surface area contributed by atoms with Gasteiger partial charge in [0.2, 0.25) is 0 Å². The molecule has 0 aliphatic heterocycles. The predicted octanol–water partition coefficient (Wildman–Crippen LogP) is -2.83. The maximum absolute atomic E-state index is 8.55. The second-order valence-corrected chi connectivity index (χ2v) is 1.34. The Morgan fingerprint density at radius 1 is 1.17 bits per heavy atom. The third-order valence-corrected chi connectivity index (χ3v) is 0. The van der Waals surface area contributed by atoms with E-state index in [4.69, 9.17) is 19.2 Å². The van der Waals surface area contributed by atoms with E-state index in [1.807, 2.05) is 0 Å². The molecule has 0 N–H and O–H groups in total. The van der Waals surface area contributed by atoms with Crippen LogP contribution in [0.1, 0.15) is 0 Å². The Kier molecular flexibility index (Phi) is 4.49. The molecule has 40 valence electrons. The molecule has 0 aliphatic carbocycles. The molecule has 0 spiro atoms. The fourth-order valence-corrected chi connectivity index (χ4v) is 0. The van der Waals surface area contributed by atoms with Crippen molar-refractivity contribution in [1.29, 1.82) is 0 Å². The average Bonchev–Trinajstić information content (AvgIpc) is 0.722. The first-order valence-electron chi connectivity index (χ1n) is 0.730. The summed E-state index contributed by atoms with van der Waals surface area (Å²) in [4.78, 5) is 25.6. The van der Waals surface area contributed by atoms with Gasteiger partial charge >= 0.3 is 17.1 Å². The third-order valence-electron chi connectivity index (χ3n) is 0. The van der Waals surface area contributed by atoms with Gasteiger partial charge in [0.15, 0.2) is 0 Å². The van der Waals surface area contributed by atoms with Crippen molar-refractivity contribution in [3.63, 3.8) is 0 Å². The first-order chi connectivity index (χ1) is 2.00. The molecular weight excluding hydrogens is 159 g/mol. The average molecular weight is 159 g/mol. The van der Waals surface area contributed by atoms with Crippen LogP contribution in [-0.2, 0) is 21.6 Å². The molecule has 0 amide bonds. The molecule has 0 aromatic heterocycles. The molecule has 4 nitrogen and oxygen atoms in total. The van der Waals surface area contributed by atoms with Crippen LogP contribution in [0.4, 0.5) is 0 Å². The summed E-state index contributed by atoms with van der Waals surface area (Å²) in [6.45, 7) is 0.